The molecule has 0 saturated heterocycles. The molecule has 0 bridgehead atoms. The van der Waals surface area contributed by atoms with Gasteiger partial charge in [0.25, 0.3) is 0 Å². The Morgan fingerprint density at radius 3 is 2.38 bits per heavy atom. The first-order chi connectivity index (χ1) is 7.56. The molecule has 0 aromatic carbocycles. The first-order valence-corrected chi connectivity index (χ1v) is 6.39. The Labute approximate surface area is 101 Å². The summed E-state index contributed by atoms with van der Waals surface area (Å²) in [5, 5.41) is 3.28. The van der Waals surface area contributed by atoms with Crippen LogP contribution >= 0.6 is 0 Å². The van der Waals surface area contributed by atoms with Gasteiger partial charge in [-0.3, -0.25) is 4.99 Å². The van der Waals surface area contributed by atoms with Crippen molar-refractivity contribution >= 4 is 5.84 Å². The minimum atomic E-state index is 0.297. The molecule has 0 atom stereocenters. The molecule has 0 fully saturated rings. The van der Waals surface area contributed by atoms with Crippen LogP contribution in [0.5, 0.6) is 0 Å². The van der Waals surface area contributed by atoms with Gasteiger partial charge in [-0.2, -0.15) is 0 Å². The van der Waals surface area contributed by atoms with Crippen LogP contribution in [0.3, 0.4) is 0 Å². The minimum Gasteiger partial charge on any atom is -0.361 e. The highest BCUT2D eigenvalue weighted by Gasteiger charge is 1.98. The van der Waals surface area contributed by atoms with E-state index in [2.05, 4.69) is 56.8 Å². The van der Waals surface area contributed by atoms with Crippen molar-refractivity contribution in [2.24, 2.45) is 4.99 Å². The van der Waals surface area contributed by atoms with Crippen molar-refractivity contribution in [1.29, 1.82) is 0 Å². The molecular formula is C14H26N2. The summed E-state index contributed by atoms with van der Waals surface area (Å²) < 4.78 is 0. The van der Waals surface area contributed by atoms with Crippen LogP contribution in [0, 0.1) is 11.8 Å². The lowest BCUT2D eigenvalue weighted by Crippen LogP contribution is -2.30. The van der Waals surface area contributed by atoms with Crippen molar-refractivity contribution in [1.82, 2.24) is 5.32 Å². The van der Waals surface area contributed by atoms with Gasteiger partial charge in [-0.05, 0) is 40.0 Å². The summed E-state index contributed by atoms with van der Waals surface area (Å²) in [6, 6.07) is 0.689. The molecule has 0 unspecified atom stereocenters. The normalized spacial score (nSPS) is 11.6. The van der Waals surface area contributed by atoms with E-state index in [1.54, 1.807) is 0 Å². The zero-order chi connectivity index (χ0) is 12.4. The number of hydrogen-bond acceptors (Lipinski definition) is 1. The number of hydrogen-bond donors (Lipinski definition) is 1. The van der Waals surface area contributed by atoms with Crippen LogP contribution < -0.4 is 5.32 Å². The quantitative estimate of drug-likeness (QED) is 0.328. The van der Waals surface area contributed by atoms with Crippen LogP contribution in [0.4, 0.5) is 0 Å². The molecule has 0 radical (unpaired) electrons. The Morgan fingerprint density at radius 2 is 1.88 bits per heavy atom. The molecular weight excluding hydrogens is 196 g/mol. The molecule has 0 aromatic rings. The van der Waals surface area contributed by atoms with Crippen LogP contribution in [-0.2, 0) is 0 Å². The topological polar surface area (TPSA) is 24.4 Å². The van der Waals surface area contributed by atoms with Crippen LogP contribution in [-0.4, -0.2) is 17.9 Å². The summed E-state index contributed by atoms with van der Waals surface area (Å²) in [6.45, 7) is 10.6. The predicted octanol–water partition coefficient (Wildman–Crippen LogP) is 3.38. The van der Waals surface area contributed by atoms with Gasteiger partial charge in [0.2, 0.25) is 0 Å². The Kier molecular flexibility index (Phi) is 8.71. The monoisotopic (exact) mass is 222 g/mol. The second-order valence-electron chi connectivity index (χ2n) is 4.63. The van der Waals surface area contributed by atoms with Crippen molar-refractivity contribution in [3.63, 3.8) is 0 Å². The van der Waals surface area contributed by atoms with E-state index in [4.69, 9.17) is 0 Å². The van der Waals surface area contributed by atoms with Crippen molar-refractivity contribution in [3.05, 3.63) is 0 Å². The third-order valence-corrected chi connectivity index (χ3v) is 1.92. The van der Waals surface area contributed by atoms with Gasteiger partial charge in [0.05, 0.1) is 0 Å². The van der Waals surface area contributed by atoms with Crippen LogP contribution in [0.25, 0.3) is 0 Å². The standard InChI is InChI=1S/C14H26N2/c1-6-7-8-9-10-11-14(15-12(2)3)16-13(4)5/h12-13H,6-9H2,1-5H3,(H,15,16). The fourth-order valence-corrected chi connectivity index (χ4v) is 1.25. The lowest BCUT2D eigenvalue weighted by atomic mass is 10.2. The minimum absolute atomic E-state index is 0.297. The lowest BCUT2D eigenvalue weighted by molar-refractivity contribution is 0.722. The first-order valence-electron chi connectivity index (χ1n) is 6.39. The second kappa shape index (κ2) is 9.27. The predicted molar refractivity (Wildman–Crippen MR) is 72.8 cm³/mol. The van der Waals surface area contributed by atoms with Crippen molar-refractivity contribution in [2.45, 2.75) is 72.4 Å². The maximum absolute atomic E-state index is 4.47. The van der Waals surface area contributed by atoms with E-state index >= 15 is 0 Å². The van der Waals surface area contributed by atoms with E-state index < -0.39 is 0 Å². The third kappa shape index (κ3) is 9.58. The average molecular weight is 222 g/mol. The number of aliphatic imine (C=N–C) groups is 1. The summed E-state index contributed by atoms with van der Waals surface area (Å²) in [7, 11) is 0. The maximum atomic E-state index is 4.47. The summed E-state index contributed by atoms with van der Waals surface area (Å²) in [5.41, 5.74) is 0. The molecule has 2 nitrogen and oxygen atoms in total. The second-order valence-corrected chi connectivity index (χ2v) is 4.63. The number of rotatable bonds is 5. The first kappa shape index (κ1) is 15.0. The summed E-state index contributed by atoms with van der Waals surface area (Å²) in [6.07, 6.45) is 4.69. The van der Waals surface area contributed by atoms with Gasteiger partial charge in [-0.1, -0.05) is 25.7 Å². The van der Waals surface area contributed by atoms with Gasteiger partial charge in [0.15, 0.2) is 5.84 Å². The highest BCUT2D eigenvalue weighted by Crippen LogP contribution is 1.97. The smallest absolute Gasteiger partial charge is 0.174 e. The van der Waals surface area contributed by atoms with E-state index in [1.165, 1.54) is 19.3 Å². The molecule has 92 valence electrons. The summed E-state index contributed by atoms with van der Waals surface area (Å²) in [4.78, 5) is 4.47. The summed E-state index contributed by atoms with van der Waals surface area (Å²) >= 11 is 0. The Hall–Kier alpha value is -0.970. The molecule has 0 aliphatic rings. The highest BCUT2D eigenvalue weighted by atomic mass is 15.0. The van der Waals surface area contributed by atoms with Gasteiger partial charge in [0, 0.05) is 18.5 Å². The molecule has 0 saturated carbocycles. The molecule has 0 aromatic heterocycles. The van der Waals surface area contributed by atoms with Gasteiger partial charge in [-0.15, -0.1) is 0 Å². The molecule has 2 heteroatoms. The van der Waals surface area contributed by atoms with Crippen LogP contribution in [0.1, 0.15) is 60.3 Å². The lowest BCUT2D eigenvalue weighted by Gasteiger charge is -2.09. The number of nitrogens with zero attached hydrogens (tertiary/aromatic N) is 1. The molecule has 0 aliphatic carbocycles. The summed E-state index contributed by atoms with van der Waals surface area (Å²) in [5.74, 6) is 7.15. The number of nitrogens with one attached hydrogen (secondary N) is 1. The number of amidine groups is 1. The van der Waals surface area contributed by atoms with E-state index in [9.17, 15) is 0 Å². The maximum Gasteiger partial charge on any atom is 0.174 e. The molecule has 0 aliphatic heterocycles. The van der Waals surface area contributed by atoms with E-state index in [1.807, 2.05) is 0 Å². The van der Waals surface area contributed by atoms with Gasteiger partial charge in [-0.25, -0.2) is 0 Å². The molecule has 0 rings (SSSR count). The molecule has 16 heavy (non-hydrogen) atoms. The SMILES string of the molecule is CCCCCC#CC(=NC(C)C)NC(C)C. The van der Waals surface area contributed by atoms with E-state index in [0.717, 1.165) is 12.3 Å². The van der Waals surface area contributed by atoms with Gasteiger partial charge in [0.1, 0.15) is 0 Å². The van der Waals surface area contributed by atoms with Crippen molar-refractivity contribution in [3.8, 4) is 11.8 Å². The van der Waals surface area contributed by atoms with Crippen molar-refractivity contribution < 1.29 is 0 Å². The fourth-order valence-electron chi connectivity index (χ4n) is 1.25. The van der Waals surface area contributed by atoms with Gasteiger partial charge >= 0.3 is 0 Å². The Morgan fingerprint density at radius 1 is 1.19 bits per heavy atom. The van der Waals surface area contributed by atoms with Crippen LogP contribution in [0.2, 0.25) is 0 Å². The van der Waals surface area contributed by atoms with E-state index in [-0.39, 0.29) is 0 Å². The average Bonchev–Trinajstić information content (AvgIpc) is 2.15. The Bertz CT molecular complexity index is 254. The molecule has 0 spiro atoms. The zero-order valence-corrected chi connectivity index (χ0v) is 11.4. The molecule has 0 heterocycles. The molecule has 1 N–H and O–H groups in total. The number of unbranched alkanes of at least 4 members (excludes halogenated alkanes) is 3. The van der Waals surface area contributed by atoms with Gasteiger partial charge < -0.3 is 5.32 Å². The highest BCUT2D eigenvalue weighted by molar-refractivity contribution is 5.98. The zero-order valence-electron chi connectivity index (χ0n) is 11.4. The van der Waals surface area contributed by atoms with E-state index in [0.29, 0.717) is 12.1 Å². The van der Waals surface area contributed by atoms with Crippen molar-refractivity contribution in [2.75, 3.05) is 0 Å². The molecule has 0 amide bonds. The van der Waals surface area contributed by atoms with Crippen LogP contribution in [0.15, 0.2) is 4.99 Å². The largest absolute Gasteiger partial charge is 0.361 e. The Balaban J connectivity index is 4.20. The third-order valence-electron chi connectivity index (χ3n) is 1.92. The fraction of sp³-hybridized carbons (Fsp3) is 0.786.